The molecule has 2 aromatic carbocycles. The minimum Gasteiger partial charge on any atom is -0.494 e. The van der Waals surface area contributed by atoms with E-state index in [-0.39, 0.29) is 30.6 Å². The number of hydrogen-bond acceptors (Lipinski definition) is 3. The number of ether oxygens (including phenoxy) is 1. The monoisotopic (exact) mass is 465 g/mol. The maximum absolute atomic E-state index is 14.6. The third kappa shape index (κ3) is 5.63. The van der Waals surface area contributed by atoms with Crippen LogP contribution in [-0.4, -0.2) is 23.8 Å². The third-order valence-electron chi connectivity index (χ3n) is 6.09. The highest BCUT2D eigenvalue weighted by atomic mass is 19.1. The maximum atomic E-state index is 14.6. The van der Waals surface area contributed by atoms with Gasteiger partial charge in [-0.05, 0) is 85.0 Å². The minimum absolute atomic E-state index is 0. The molecule has 2 unspecified atom stereocenters. The Hall–Kier alpha value is -3.23. The van der Waals surface area contributed by atoms with Crippen LogP contribution in [0.1, 0.15) is 56.8 Å². The molecule has 4 rings (SSSR count). The van der Waals surface area contributed by atoms with Crippen molar-refractivity contribution in [3.8, 4) is 28.8 Å². The van der Waals surface area contributed by atoms with Crippen LogP contribution in [0.3, 0.4) is 0 Å². The summed E-state index contributed by atoms with van der Waals surface area (Å²) in [5, 5.41) is 7.88. The normalized spacial score (nSPS) is 14.5. The molecule has 0 spiro atoms. The topological polar surface area (TPSA) is 42.4 Å². The highest BCUT2D eigenvalue weighted by Crippen LogP contribution is 2.44. The van der Waals surface area contributed by atoms with Crippen molar-refractivity contribution in [3.05, 3.63) is 82.5 Å². The summed E-state index contributed by atoms with van der Waals surface area (Å²) in [5.41, 5.74) is 5.12. The van der Waals surface area contributed by atoms with Crippen molar-refractivity contribution in [1.82, 2.24) is 4.98 Å². The number of fused-ring (bicyclic) bond motifs is 3. The summed E-state index contributed by atoms with van der Waals surface area (Å²) in [4.78, 5) is 4.59. The first-order chi connectivity index (χ1) is 16.4. The van der Waals surface area contributed by atoms with Crippen molar-refractivity contribution < 1.29 is 20.1 Å². The van der Waals surface area contributed by atoms with Gasteiger partial charge < -0.3 is 9.84 Å². The zero-order valence-corrected chi connectivity index (χ0v) is 20.2. The van der Waals surface area contributed by atoms with Crippen LogP contribution in [0.25, 0.3) is 11.3 Å². The Morgan fingerprint density at radius 3 is 2.62 bits per heavy atom. The molecule has 5 heteroatoms. The van der Waals surface area contributed by atoms with Crippen LogP contribution in [0, 0.1) is 29.4 Å². The fraction of sp³-hybridized carbons (Fsp3) is 0.345. The second-order valence-corrected chi connectivity index (χ2v) is 8.48. The molecular weight excluding hydrogens is 432 g/mol. The number of aliphatic hydroxyl groups is 1. The molecule has 3 nitrogen and oxygen atoms in total. The first kappa shape index (κ1) is 25.4. The summed E-state index contributed by atoms with van der Waals surface area (Å²) < 4.78 is 34.2. The van der Waals surface area contributed by atoms with Gasteiger partial charge in [0.15, 0.2) is 11.6 Å². The minimum atomic E-state index is -0.374. The van der Waals surface area contributed by atoms with Gasteiger partial charge in [0.25, 0.3) is 0 Å². The summed E-state index contributed by atoms with van der Waals surface area (Å²) in [7, 11) is 1.46. The van der Waals surface area contributed by atoms with Gasteiger partial charge in [0.05, 0.1) is 12.8 Å². The number of hydrogen-bond donors (Lipinski definition) is 1. The largest absolute Gasteiger partial charge is 0.494 e. The number of methoxy groups -OCH3 is 1. The van der Waals surface area contributed by atoms with Crippen molar-refractivity contribution in [3.63, 3.8) is 0 Å². The lowest BCUT2D eigenvalue weighted by Gasteiger charge is -2.31. The number of halogens is 2. The molecule has 1 aliphatic rings. The van der Waals surface area contributed by atoms with E-state index in [1.54, 1.807) is 25.3 Å². The first-order valence-electron chi connectivity index (χ1n) is 11.6. The van der Waals surface area contributed by atoms with Gasteiger partial charge in [0.2, 0.25) is 0 Å². The molecule has 0 saturated carbocycles. The predicted octanol–water partition coefficient (Wildman–Crippen LogP) is 6.56. The molecule has 0 aliphatic heterocycles. The Bertz CT molecular complexity index is 1200. The summed E-state index contributed by atoms with van der Waals surface area (Å²) in [5.74, 6) is 5.54. The molecule has 34 heavy (non-hydrogen) atoms. The van der Waals surface area contributed by atoms with E-state index in [2.05, 4.69) is 29.8 Å². The average molecular weight is 466 g/mol. The number of aliphatic hydroxyl groups excluding tert-OH is 1. The van der Waals surface area contributed by atoms with E-state index in [9.17, 15) is 8.78 Å². The lowest BCUT2D eigenvalue weighted by atomic mass is 9.73. The smallest absolute Gasteiger partial charge is 0.165 e. The molecule has 2 atom stereocenters. The Morgan fingerprint density at radius 2 is 1.97 bits per heavy atom. The van der Waals surface area contributed by atoms with Crippen LogP contribution in [0.5, 0.6) is 5.75 Å². The number of aromatic nitrogens is 1. The first-order valence-corrected chi connectivity index (χ1v) is 11.6. The van der Waals surface area contributed by atoms with Crippen molar-refractivity contribution in [2.45, 2.75) is 46.0 Å². The highest BCUT2D eigenvalue weighted by Gasteiger charge is 2.31. The second kappa shape index (κ2) is 11.8. The molecule has 0 saturated heterocycles. The van der Waals surface area contributed by atoms with Gasteiger partial charge in [-0.15, -0.1) is 5.92 Å². The van der Waals surface area contributed by atoms with Crippen LogP contribution in [0.15, 0.2) is 48.7 Å². The van der Waals surface area contributed by atoms with Gasteiger partial charge in [-0.25, -0.2) is 8.78 Å². The zero-order chi connectivity index (χ0) is 24.7. The second-order valence-electron chi connectivity index (χ2n) is 8.48. The Kier molecular flexibility index (Phi) is 8.79. The zero-order valence-electron chi connectivity index (χ0n) is 20.2. The van der Waals surface area contributed by atoms with Gasteiger partial charge >= 0.3 is 0 Å². The van der Waals surface area contributed by atoms with Crippen LogP contribution in [0.2, 0.25) is 0 Å². The molecule has 0 amide bonds. The van der Waals surface area contributed by atoms with E-state index in [1.165, 1.54) is 13.2 Å². The van der Waals surface area contributed by atoms with Crippen LogP contribution >= 0.6 is 0 Å². The summed E-state index contributed by atoms with van der Waals surface area (Å²) in [6.45, 7) is 6.10. The Labute approximate surface area is 202 Å². The molecule has 1 aromatic heterocycles. The molecule has 180 valence electrons. The molecule has 0 fully saturated rings. The van der Waals surface area contributed by atoms with Gasteiger partial charge in [0.1, 0.15) is 5.82 Å². The van der Waals surface area contributed by atoms with Crippen molar-refractivity contribution in [1.29, 1.82) is 0 Å². The van der Waals surface area contributed by atoms with Crippen molar-refractivity contribution in [2.24, 2.45) is 5.92 Å². The molecule has 3 aromatic rings. The fourth-order valence-electron chi connectivity index (χ4n) is 4.36. The average Bonchev–Trinajstić information content (AvgIpc) is 2.85. The van der Waals surface area contributed by atoms with Gasteiger partial charge in [-0.2, -0.15) is 0 Å². The van der Waals surface area contributed by atoms with E-state index in [0.717, 1.165) is 28.8 Å². The van der Waals surface area contributed by atoms with Gasteiger partial charge in [0, 0.05) is 25.4 Å². The van der Waals surface area contributed by atoms with E-state index in [0.29, 0.717) is 30.6 Å². The van der Waals surface area contributed by atoms with Crippen LogP contribution in [-0.2, 0) is 12.8 Å². The molecule has 0 bridgehead atoms. The lowest BCUT2D eigenvalue weighted by molar-refractivity contribution is 0.295. The summed E-state index contributed by atoms with van der Waals surface area (Å²) in [6.07, 6.45) is 3.88. The summed E-state index contributed by atoms with van der Waals surface area (Å²) in [6, 6.07) is 12.4. The molecule has 0 radical (unpaired) electrons. The number of pyridine rings is 1. The Balaban J connectivity index is 0.000000804. The lowest BCUT2D eigenvalue weighted by Crippen LogP contribution is -2.21. The van der Waals surface area contributed by atoms with Gasteiger partial charge in [-0.3, -0.25) is 4.98 Å². The van der Waals surface area contributed by atoms with Crippen molar-refractivity contribution >= 4 is 0 Å². The molecule has 1 heterocycles. The quantitative estimate of drug-likeness (QED) is 0.434. The van der Waals surface area contributed by atoms with Gasteiger partial charge in [-0.1, -0.05) is 31.9 Å². The van der Waals surface area contributed by atoms with Crippen molar-refractivity contribution in [2.75, 3.05) is 13.7 Å². The highest BCUT2D eigenvalue weighted by molar-refractivity contribution is 5.72. The number of benzene rings is 2. The standard InChI is InChI=1S/C26H23F2NO.C3H8O.H2/c1-4-6-17-8-9-18(23(27)12-17)11-16(2)21-13-19-14-24(28)25(30-3)15-22(19)26-20(21)7-5-10-29-26;1-2-3-4;/h5,7-10,12,14-16,21H,11,13H2,1-3H3;4H,2-3H2,1H3;1H. The third-order valence-corrected chi connectivity index (χ3v) is 6.09. The Morgan fingerprint density at radius 1 is 1.21 bits per heavy atom. The molecule has 1 N–H and O–H groups in total. The van der Waals surface area contributed by atoms with E-state index >= 15 is 0 Å². The van der Waals surface area contributed by atoms with E-state index < -0.39 is 0 Å². The number of rotatable bonds is 5. The van der Waals surface area contributed by atoms with Crippen LogP contribution in [0.4, 0.5) is 8.78 Å². The predicted molar refractivity (Wildman–Crippen MR) is 134 cm³/mol. The fourth-order valence-corrected chi connectivity index (χ4v) is 4.36. The maximum Gasteiger partial charge on any atom is 0.165 e. The van der Waals surface area contributed by atoms with E-state index in [4.69, 9.17) is 9.84 Å². The van der Waals surface area contributed by atoms with E-state index in [1.807, 2.05) is 25.1 Å². The number of nitrogens with zero attached hydrogens (tertiary/aromatic N) is 1. The molecular formula is C29H33F2NO2. The summed E-state index contributed by atoms with van der Waals surface area (Å²) >= 11 is 0. The SMILES string of the molecule is CC#Cc1ccc(CC(C)C2Cc3cc(F)c(OC)cc3-c3ncccc32)c(F)c1.CCCO.[HH]. The van der Waals surface area contributed by atoms with Crippen LogP contribution < -0.4 is 4.74 Å². The molecule has 1 aliphatic carbocycles.